The van der Waals surface area contributed by atoms with E-state index in [2.05, 4.69) is 5.32 Å². The van der Waals surface area contributed by atoms with E-state index in [0.29, 0.717) is 23.5 Å². The minimum atomic E-state index is -0.865. The standard InChI is InChI=1S/C15H21NO5/c1-2-7-16-11(4-6-14(17)18)15(19)10-3-5-12-13(8-10)21-9-20-12/h3,5,8,11,15-16,19H,2,4,6-7,9H2,1H3,(H,17,18). The lowest BCUT2D eigenvalue weighted by atomic mass is 9.98. The van der Waals surface area contributed by atoms with Gasteiger partial charge in [-0.2, -0.15) is 0 Å². The van der Waals surface area contributed by atoms with Crippen LogP contribution in [0.1, 0.15) is 37.9 Å². The Labute approximate surface area is 123 Å². The largest absolute Gasteiger partial charge is 0.481 e. The number of aliphatic hydroxyl groups excluding tert-OH is 1. The average molecular weight is 295 g/mol. The smallest absolute Gasteiger partial charge is 0.303 e. The molecule has 0 spiro atoms. The monoisotopic (exact) mass is 295 g/mol. The fourth-order valence-corrected chi connectivity index (χ4v) is 2.31. The van der Waals surface area contributed by atoms with Crippen LogP contribution in [0, 0.1) is 0 Å². The highest BCUT2D eigenvalue weighted by Crippen LogP contribution is 2.35. The first-order valence-electron chi connectivity index (χ1n) is 7.14. The van der Waals surface area contributed by atoms with Crippen molar-refractivity contribution >= 4 is 5.97 Å². The van der Waals surface area contributed by atoms with Gasteiger partial charge in [-0.25, -0.2) is 0 Å². The van der Waals surface area contributed by atoms with Gasteiger partial charge in [0, 0.05) is 12.5 Å². The molecule has 1 aromatic rings. The van der Waals surface area contributed by atoms with E-state index in [4.69, 9.17) is 14.6 Å². The summed E-state index contributed by atoms with van der Waals surface area (Å²) in [6.45, 7) is 2.94. The van der Waals surface area contributed by atoms with Gasteiger partial charge < -0.3 is 25.0 Å². The molecule has 0 aliphatic carbocycles. The number of carbonyl (C=O) groups is 1. The van der Waals surface area contributed by atoms with Gasteiger partial charge in [0.2, 0.25) is 6.79 Å². The molecular weight excluding hydrogens is 274 g/mol. The molecule has 0 saturated carbocycles. The van der Waals surface area contributed by atoms with Gasteiger partial charge in [-0.3, -0.25) is 4.79 Å². The van der Waals surface area contributed by atoms with E-state index in [-0.39, 0.29) is 19.3 Å². The summed E-state index contributed by atoms with van der Waals surface area (Å²) in [5.74, 6) is 0.407. The predicted octanol–water partition coefficient (Wildman–Crippen LogP) is 1.68. The first-order chi connectivity index (χ1) is 10.1. The van der Waals surface area contributed by atoms with Crippen LogP contribution < -0.4 is 14.8 Å². The van der Waals surface area contributed by atoms with Crippen LogP contribution in [0.5, 0.6) is 11.5 Å². The number of fused-ring (bicyclic) bond motifs is 1. The summed E-state index contributed by atoms with van der Waals surface area (Å²) in [4.78, 5) is 10.7. The molecule has 116 valence electrons. The van der Waals surface area contributed by atoms with Crippen molar-refractivity contribution in [3.63, 3.8) is 0 Å². The summed E-state index contributed by atoms with van der Waals surface area (Å²) in [5.41, 5.74) is 0.693. The molecule has 0 fully saturated rings. The lowest BCUT2D eigenvalue weighted by Gasteiger charge is -2.24. The van der Waals surface area contributed by atoms with Gasteiger partial charge in [0.25, 0.3) is 0 Å². The Hall–Kier alpha value is -1.79. The number of benzene rings is 1. The van der Waals surface area contributed by atoms with Gasteiger partial charge in [-0.05, 0) is 37.1 Å². The zero-order chi connectivity index (χ0) is 15.2. The van der Waals surface area contributed by atoms with Crippen molar-refractivity contribution in [2.24, 2.45) is 0 Å². The third kappa shape index (κ3) is 4.09. The number of carboxylic acid groups (broad SMARTS) is 1. The number of nitrogens with one attached hydrogen (secondary N) is 1. The van der Waals surface area contributed by atoms with Crippen molar-refractivity contribution < 1.29 is 24.5 Å². The first kappa shape index (κ1) is 15.6. The third-order valence-corrected chi connectivity index (χ3v) is 3.45. The molecule has 0 bridgehead atoms. The van der Waals surface area contributed by atoms with E-state index in [1.54, 1.807) is 18.2 Å². The van der Waals surface area contributed by atoms with Gasteiger partial charge in [-0.1, -0.05) is 13.0 Å². The first-order valence-corrected chi connectivity index (χ1v) is 7.14. The maximum absolute atomic E-state index is 10.7. The average Bonchev–Trinajstić information content (AvgIpc) is 2.93. The topological polar surface area (TPSA) is 88.0 Å². The van der Waals surface area contributed by atoms with Crippen molar-refractivity contribution in [1.29, 1.82) is 0 Å². The summed E-state index contributed by atoms with van der Waals surface area (Å²) in [5, 5.41) is 22.5. The third-order valence-electron chi connectivity index (χ3n) is 3.45. The molecular formula is C15H21NO5. The minimum absolute atomic E-state index is 0.0169. The maximum atomic E-state index is 10.7. The van der Waals surface area contributed by atoms with Crippen LogP contribution in [-0.2, 0) is 4.79 Å². The van der Waals surface area contributed by atoms with Gasteiger partial charge >= 0.3 is 5.97 Å². The molecule has 2 rings (SSSR count). The second kappa shape index (κ2) is 7.28. The van der Waals surface area contributed by atoms with Crippen LogP contribution in [0.15, 0.2) is 18.2 Å². The van der Waals surface area contributed by atoms with Crippen molar-refractivity contribution in [3.05, 3.63) is 23.8 Å². The summed E-state index contributed by atoms with van der Waals surface area (Å²) >= 11 is 0. The Kier molecular flexibility index (Phi) is 5.41. The number of hydrogen-bond acceptors (Lipinski definition) is 5. The summed E-state index contributed by atoms with van der Waals surface area (Å²) < 4.78 is 10.5. The molecule has 6 heteroatoms. The predicted molar refractivity (Wildman–Crippen MR) is 76.5 cm³/mol. The van der Waals surface area contributed by atoms with Crippen LogP contribution in [0.2, 0.25) is 0 Å². The molecule has 21 heavy (non-hydrogen) atoms. The highest BCUT2D eigenvalue weighted by Gasteiger charge is 2.23. The molecule has 2 unspecified atom stereocenters. The molecule has 0 amide bonds. The van der Waals surface area contributed by atoms with Crippen LogP contribution in [0.3, 0.4) is 0 Å². The van der Waals surface area contributed by atoms with Crippen LogP contribution in [0.4, 0.5) is 0 Å². The van der Waals surface area contributed by atoms with Crippen LogP contribution in [-0.4, -0.2) is 35.6 Å². The minimum Gasteiger partial charge on any atom is -0.481 e. The number of aliphatic hydroxyl groups is 1. The van der Waals surface area contributed by atoms with E-state index in [0.717, 1.165) is 13.0 Å². The molecule has 1 aliphatic heterocycles. The lowest BCUT2D eigenvalue weighted by molar-refractivity contribution is -0.137. The Balaban J connectivity index is 2.08. The number of hydrogen-bond donors (Lipinski definition) is 3. The van der Waals surface area contributed by atoms with E-state index < -0.39 is 12.1 Å². The molecule has 6 nitrogen and oxygen atoms in total. The number of carboxylic acids is 1. The lowest BCUT2D eigenvalue weighted by Crippen LogP contribution is -2.36. The van der Waals surface area contributed by atoms with E-state index >= 15 is 0 Å². The second-order valence-electron chi connectivity index (χ2n) is 5.05. The normalized spacial score (nSPS) is 15.7. The Morgan fingerprint density at radius 2 is 2.14 bits per heavy atom. The highest BCUT2D eigenvalue weighted by atomic mass is 16.7. The van der Waals surface area contributed by atoms with Gasteiger partial charge in [-0.15, -0.1) is 0 Å². The van der Waals surface area contributed by atoms with E-state index in [1.165, 1.54) is 0 Å². The summed E-state index contributed by atoms with van der Waals surface area (Å²) in [6, 6.07) is 4.98. The molecule has 2 atom stereocenters. The maximum Gasteiger partial charge on any atom is 0.303 e. The van der Waals surface area contributed by atoms with Gasteiger partial charge in [0.15, 0.2) is 11.5 Å². The number of ether oxygens (including phenoxy) is 2. The van der Waals surface area contributed by atoms with Crippen LogP contribution in [0.25, 0.3) is 0 Å². The van der Waals surface area contributed by atoms with Crippen molar-refractivity contribution in [3.8, 4) is 11.5 Å². The van der Waals surface area contributed by atoms with Gasteiger partial charge in [0.1, 0.15) is 0 Å². The van der Waals surface area contributed by atoms with Crippen molar-refractivity contribution in [2.45, 2.75) is 38.3 Å². The summed E-state index contributed by atoms with van der Waals surface area (Å²) in [6.07, 6.45) is 0.510. The Morgan fingerprint density at radius 1 is 1.38 bits per heavy atom. The number of rotatable bonds is 8. The molecule has 0 aromatic heterocycles. The van der Waals surface area contributed by atoms with Crippen molar-refractivity contribution in [1.82, 2.24) is 5.32 Å². The fraction of sp³-hybridized carbons (Fsp3) is 0.533. The zero-order valence-electron chi connectivity index (χ0n) is 12.0. The second-order valence-corrected chi connectivity index (χ2v) is 5.05. The van der Waals surface area contributed by atoms with Gasteiger partial charge in [0.05, 0.1) is 6.10 Å². The van der Waals surface area contributed by atoms with Crippen molar-refractivity contribution in [2.75, 3.05) is 13.3 Å². The zero-order valence-corrected chi connectivity index (χ0v) is 12.0. The molecule has 1 aliphatic rings. The molecule has 1 heterocycles. The van der Waals surface area contributed by atoms with E-state index in [9.17, 15) is 9.90 Å². The SMILES string of the molecule is CCCNC(CCC(=O)O)C(O)c1ccc2c(c1)OCO2. The summed E-state index contributed by atoms with van der Waals surface area (Å²) in [7, 11) is 0. The molecule has 0 saturated heterocycles. The van der Waals surface area contributed by atoms with Crippen LogP contribution >= 0.6 is 0 Å². The fourth-order valence-electron chi connectivity index (χ4n) is 2.31. The molecule has 3 N–H and O–H groups in total. The molecule has 0 radical (unpaired) electrons. The Morgan fingerprint density at radius 3 is 2.86 bits per heavy atom. The quantitative estimate of drug-likeness (QED) is 0.676. The number of aliphatic carboxylic acids is 1. The molecule has 1 aromatic carbocycles. The Bertz CT molecular complexity index is 491. The van der Waals surface area contributed by atoms with E-state index in [1.807, 2.05) is 6.92 Å². The highest BCUT2D eigenvalue weighted by molar-refractivity contribution is 5.66.